The van der Waals surface area contributed by atoms with Gasteiger partial charge in [-0.2, -0.15) is 0 Å². The fraction of sp³-hybridized carbons (Fsp3) is 0.125. The Labute approximate surface area is 107 Å². The minimum Gasteiger partial charge on any atom is -0.216 e. The molecule has 0 N–H and O–H groups in total. The second-order valence-electron chi connectivity index (χ2n) is 4.45. The maximum absolute atomic E-state index is 4.37. The van der Waals surface area contributed by atoms with E-state index in [1.165, 1.54) is 16.3 Å². The van der Waals surface area contributed by atoms with Gasteiger partial charge in [-0.3, -0.25) is 0 Å². The summed E-state index contributed by atoms with van der Waals surface area (Å²) in [5.41, 5.74) is 1.24. The van der Waals surface area contributed by atoms with Gasteiger partial charge in [-0.1, -0.05) is 42.5 Å². The van der Waals surface area contributed by atoms with Gasteiger partial charge in [0.25, 0.3) is 6.17 Å². The Kier molecular flexibility index (Phi) is 2.77. The summed E-state index contributed by atoms with van der Waals surface area (Å²) in [4.78, 5) is 4.37. The second kappa shape index (κ2) is 4.57. The third kappa shape index (κ3) is 1.97. The molecule has 1 atom stereocenters. The van der Waals surface area contributed by atoms with E-state index in [1.807, 2.05) is 19.5 Å². The molecule has 0 amide bonds. The quantitative estimate of drug-likeness (QED) is 0.711. The van der Waals surface area contributed by atoms with Crippen molar-refractivity contribution >= 4 is 29.3 Å². The van der Waals surface area contributed by atoms with Crippen molar-refractivity contribution < 1.29 is 4.58 Å². The normalized spacial score (nSPS) is 18.7. The standard InChI is InChI=1S/C16H15N2/c1-18-12-11-17-16(18)10-9-14-7-4-6-13-5-2-3-8-15(13)14/h2-12,16H,1H3/q+1/b10-9+. The van der Waals surface area contributed by atoms with Crippen molar-refractivity contribution in [3.8, 4) is 0 Å². The van der Waals surface area contributed by atoms with E-state index in [2.05, 4.69) is 64.2 Å². The summed E-state index contributed by atoms with van der Waals surface area (Å²) >= 11 is 0. The van der Waals surface area contributed by atoms with E-state index in [4.69, 9.17) is 0 Å². The third-order valence-electron chi connectivity index (χ3n) is 3.23. The zero-order valence-corrected chi connectivity index (χ0v) is 10.3. The first-order chi connectivity index (χ1) is 8.84. The summed E-state index contributed by atoms with van der Waals surface area (Å²) in [5.74, 6) is 0. The molecule has 18 heavy (non-hydrogen) atoms. The van der Waals surface area contributed by atoms with Gasteiger partial charge in [-0.25, -0.2) is 9.57 Å². The number of hydrogen-bond donors (Lipinski definition) is 0. The van der Waals surface area contributed by atoms with E-state index >= 15 is 0 Å². The molecule has 0 bridgehead atoms. The van der Waals surface area contributed by atoms with E-state index in [0.717, 1.165) is 0 Å². The van der Waals surface area contributed by atoms with Gasteiger partial charge in [0, 0.05) is 6.08 Å². The molecule has 2 nitrogen and oxygen atoms in total. The molecule has 0 fully saturated rings. The summed E-state index contributed by atoms with van der Waals surface area (Å²) in [5, 5.41) is 2.55. The predicted molar refractivity (Wildman–Crippen MR) is 77.5 cm³/mol. The first-order valence-electron chi connectivity index (χ1n) is 6.09. The van der Waals surface area contributed by atoms with Crippen LogP contribution in [0.1, 0.15) is 5.56 Å². The van der Waals surface area contributed by atoms with Crippen molar-refractivity contribution in [1.82, 2.24) is 0 Å². The molecule has 0 aromatic heterocycles. The number of hydrogen-bond acceptors (Lipinski definition) is 1. The van der Waals surface area contributed by atoms with E-state index in [1.54, 1.807) is 0 Å². The molecule has 0 radical (unpaired) electrons. The Bertz CT molecular complexity index is 660. The van der Waals surface area contributed by atoms with Crippen LogP contribution in [0, 0.1) is 0 Å². The van der Waals surface area contributed by atoms with Gasteiger partial charge in [0.05, 0.1) is 6.21 Å². The van der Waals surface area contributed by atoms with Gasteiger partial charge in [-0.05, 0) is 22.4 Å². The van der Waals surface area contributed by atoms with Crippen molar-refractivity contribution in [2.75, 3.05) is 7.05 Å². The zero-order chi connectivity index (χ0) is 12.4. The third-order valence-corrected chi connectivity index (χ3v) is 3.23. The zero-order valence-electron chi connectivity index (χ0n) is 10.3. The SMILES string of the molecule is C[N+]1=CC=NC1/C=C/c1cccc2ccccc12. The van der Waals surface area contributed by atoms with E-state index in [9.17, 15) is 0 Å². The van der Waals surface area contributed by atoms with E-state index < -0.39 is 0 Å². The lowest BCUT2D eigenvalue weighted by atomic mass is 10.0. The van der Waals surface area contributed by atoms with Crippen LogP contribution in [-0.2, 0) is 0 Å². The highest BCUT2D eigenvalue weighted by atomic mass is 15.1. The number of likely N-dealkylation sites (N-methyl/N-ethyl adjacent to an activating group) is 1. The first kappa shape index (κ1) is 10.9. The summed E-state index contributed by atoms with van der Waals surface area (Å²) in [6.07, 6.45) is 8.24. The summed E-state index contributed by atoms with van der Waals surface area (Å²) in [6.45, 7) is 0. The van der Waals surface area contributed by atoms with Crippen molar-refractivity contribution in [3.05, 3.63) is 54.1 Å². The predicted octanol–water partition coefficient (Wildman–Crippen LogP) is 2.98. The number of fused-ring (bicyclic) bond motifs is 1. The fourth-order valence-corrected chi connectivity index (χ4v) is 2.20. The van der Waals surface area contributed by atoms with E-state index in [0.29, 0.717) is 0 Å². The molecule has 2 aromatic carbocycles. The van der Waals surface area contributed by atoms with Crippen molar-refractivity contribution in [3.63, 3.8) is 0 Å². The lowest BCUT2D eigenvalue weighted by molar-refractivity contribution is -0.513. The molecule has 0 saturated carbocycles. The highest BCUT2D eigenvalue weighted by Gasteiger charge is 2.13. The average Bonchev–Trinajstić information content (AvgIpc) is 2.82. The second-order valence-corrected chi connectivity index (χ2v) is 4.45. The molecule has 1 unspecified atom stereocenters. The highest BCUT2D eigenvalue weighted by molar-refractivity contribution is 6.14. The number of rotatable bonds is 2. The molecule has 0 saturated heterocycles. The van der Waals surface area contributed by atoms with Crippen LogP contribution in [0.15, 0.2) is 53.5 Å². The van der Waals surface area contributed by atoms with Crippen LogP contribution < -0.4 is 0 Å². The number of benzene rings is 2. The molecule has 1 aliphatic heterocycles. The molecule has 0 spiro atoms. The topological polar surface area (TPSA) is 15.4 Å². The van der Waals surface area contributed by atoms with Crippen LogP contribution in [0.2, 0.25) is 0 Å². The average molecular weight is 235 g/mol. The molecule has 2 heteroatoms. The molecular formula is C16H15N2+. The van der Waals surface area contributed by atoms with Crippen LogP contribution in [0.4, 0.5) is 0 Å². The van der Waals surface area contributed by atoms with Crippen LogP contribution in [0.3, 0.4) is 0 Å². The monoisotopic (exact) mass is 235 g/mol. The van der Waals surface area contributed by atoms with Gasteiger partial charge in [0.1, 0.15) is 7.05 Å². The Morgan fingerprint density at radius 2 is 1.94 bits per heavy atom. The van der Waals surface area contributed by atoms with Crippen molar-refractivity contribution in [2.45, 2.75) is 6.17 Å². The van der Waals surface area contributed by atoms with Crippen LogP contribution in [-0.4, -0.2) is 30.2 Å². The minimum absolute atomic E-state index is 0.129. The molecule has 2 aromatic rings. The lowest BCUT2D eigenvalue weighted by Crippen LogP contribution is -2.13. The van der Waals surface area contributed by atoms with Gasteiger partial charge in [0.2, 0.25) is 0 Å². The number of nitrogens with zero attached hydrogens (tertiary/aromatic N) is 2. The summed E-state index contributed by atoms with van der Waals surface area (Å²) in [7, 11) is 2.03. The molecule has 1 aliphatic rings. The van der Waals surface area contributed by atoms with Crippen LogP contribution in [0.25, 0.3) is 16.8 Å². The van der Waals surface area contributed by atoms with Crippen molar-refractivity contribution in [2.24, 2.45) is 4.99 Å². The Balaban J connectivity index is 1.98. The van der Waals surface area contributed by atoms with Crippen LogP contribution >= 0.6 is 0 Å². The maximum atomic E-state index is 4.37. The molecule has 0 aliphatic carbocycles. The van der Waals surface area contributed by atoms with Gasteiger partial charge in [0.15, 0.2) is 6.21 Å². The van der Waals surface area contributed by atoms with E-state index in [-0.39, 0.29) is 6.17 Å². The first-order valence-corrected chi connectivity index (χ1v) is 6.09. The molecule has 1 heterocycles. The molecule has 3 rings (SSSR count). The molecular weight excluding hydrogens is 220 g/mol. The molecule has 88 valence electrons. The van der Waals surface area contributed by atoms with Gasteiger partial charge >= 0.3 is 0 Å². The minimum atomic E-state index is 0.129. The van der Waals surface area contributed by atoms with Crippen LogP contribution in [0.5, 0.6) is 0 Å². The summed E-state index contributed by atoms with van der Waals surface area (Å²) in [6, 6.07) is 14.8. The van der Waals surface area contributed by atoms with Crippen molar-refractivity contribution in [1.29, 1.82) is 0 Å². The maximum Gasteiger partial charge on any atom is 0.265 e. The number of aliphatic imine (C=N–C) groups is 1. The Morgan fingerprint density at radius 3 is 2.78 bits per heavy atom. The van der Waals surface area contributed by atoms with Gasteiger partial charge in [-0.15, -0.1) is 0 Å². The summed E-state index contributed by atoms with van der Waals surface area (Å²) < 4.78 is 2.08. The lowest BCUT2D eigenvalue weighted by Gasteiger charge is -2.02. The smallest absolute Gasteiger partial charge is 0.216 e. The Hall–Kier alpha value is -2.22. The van der Waals surface area contributed by atoms with Gasteiger partial charge < -0.3 is 0 Å². The fourth-order valence-electron chi connectivity index (χ4n) is 2.20. The highest BCUT2D eigenvalue weighted by Crippen LogP contribution is 2.20. The Morgan fingerprint density at radius 1 is 1.11 bits per heavy atom. The largest absolute Gasteiger partial charge is 0.265 e.